The molecule has 0 spiro atoms. The first kappa shape index (κ1) is 9.33. The molecule has 5 heteroatoms. The van der Waals surface area contributed by atoms with Gasteiger partial charge in [-0.05, 0) is 47.9 Å². The van der Waals surface area contributed by atoms with E-state index < -0.39 is 0 Å². The first-order valence-electron chi connectivity index (χ1n) is 5.43. The van der Waals surface area contributed by atoms with Gasteiger partial charge in [-0.3, -0.25) is 0 Å². The van der Waals surface area contributed by atoms with Crippen molar-refractivity contribution in [1.82, 2.24) is 20.2 Å². The van der Waals surface area contributed by atoms with E-state index in [1.165, 1.54) is 24.1 Å². The topological polar surface area (TPSA) is 55.6 Å². The molecule has 0 saturated heterocycles. The van der Waals surface area contributed by atoms with E-state index in [0.717, 1.165) is 5.69 Å². The highest BCUT2D eigenvalue weighted by atomic mass is 15.5. The zero-order valence-corrected chi connectivity index (χ0v) is 9.09. The number of benzene rings is 1. The molecule has 1 aliphatic rings. The standard InChI is InChI=1S/C11H13N5/c1-8-2-5-10(16-7-12-14-15-16)6-11(8)13-9-3-4-9/h2,5-7,9,13H,3-4H2,1H3. The Balaban J connectivity index is 1.94. The highest BCUT2D eigenvalue weighted by Crippen LogP contribution is 2.27. The molecule has 0 radical (unpaired) electrons. The van der Waals surface area contributed by atoms with E-state index in [-0.39, 0.29) is 0 Å². The molecule has 16 heavy (non-hydrogen) atoms. The summed E-state index contributed by atoms with van der Waals surface area (Å²) < 4.78 is 1.66. The van der Waals surface area contributed by atoms with Crippen molar-refractivity contribution in [3.63, 3.8) is 0 Å². The van der Waals surface area contributed by atoms with Crippen LogP contribution in [-0.2, 0) is 0 Å². The number of nitrogens with zero attached hydrogens (tertiary/aromatic N) is 4. The molecule has 1 aromatic heterocycles. The monoisotopic (exact) mass is 215 g/mol. The summed E-state index contributed by atoms with van der Waals surface area (Å²) in [5, 5.41) is 14.7. The predicted molar refractivity (Wildman–Crippen MR) is 60.5 cm³/mol. The third-order valence-electron chi connectivity index (χ3n) is 2.77. The lowest BCUT2D eigenvalue weighted by Crippen LogP contribution is -2.04. The summed E-state index contributed by atoms with van der Waals surface area (Å²) in [6.45, 7) is 2.11. The van der Waals surface area contributed by atoms with Crippen molar-refractivity contribution >= 4 is 5.69 Å². The molecule has 0 unspecified atom stereocenters. The molecule has 1 heterocycles. The molecule has 0 atom stereocenters. The fourth-order valence-corrected chi connectivity index (χ4v) is 1.64. The maximum Gasteiger partial charge on any atom is 0.143 e. The number of nitrogens with one attached hydrogen (secondary N) is 1. The molecule has 0 aliphatic heterocycles. The third-order valence-corrected chi connectivity index (χ3v) is 2.77. The van der Waals surface area contributed by atoms with Crippen LogP contribution in [0.3, 0.4) is 0 Å². The number of tetrazole rings is 1. The van der Waals surface area contributed by atoms with Gasteiger partial charge in [0.15, 0.2) is 0 Å². The summed E-state index contributed by atoms with van der Waals surface area (Å²) >= 11 is 0. The molecule has 3 rings (SSSR count). The first-order chi connectivity index (χ1) is 7.83. The summed E-state index contributed by atoms with van der Waals surface area (Å²) in [6, 6.07) is 6.85. The van der Waals surface area contributed by atoms with E-state index >= 15 is 0 Å². The maximum atomic E-state index is 3.88. The zero-order valence-electron chi connectivity index (χ0n) is 9.09. The molecular formula is C11H13N5. The predicted octanol–water partition coefficient (Wildman–Crippen LogP) is 1.55. The van der Waals surface area contributed by atoms with Crippen LogP contribution in [0, 0.1) is 6.92 Å². The van der Waals surface area contributed by atoms with Gasteiger partial charge in [0.05, 0.1) is 5.69 Å². The van der Waals surface area contributed by atoms with Crippen molar-refractivity contribution in [2.75, 3.05) is 5.32 Å². The lowest BCUT2D eigenvalue weighted by molar-refractivity contribution is 0.789. The number of hydrogen-bond donors (Lipinski definition) is 1. The van der Waals surface area contributed by atoms with Crippen LogP contribution in [0.5, 0.6) is 0 Å². The average molecular weight is 215 g/mol. The molecule has 1 fully saturated rings. The Bertz CT molecular complexity index is 487. The SMILES string of the molecule is Cc1ccc(-n2cnnn2)cc1NC1CC1. The second-order valence-electron chi connectivity index (χ2n) is 4.17. The summed E-state index contributed by atoms with van der Waals surface area (Å²) in [6.07, 6.45) is 4.15. The van der Waals surface area contributed by atoms with E-state index in [2.05, 4.69) is 39.9 Å². The van der Waals surface area contributed by atoms with Crippen LogP contribution in [-0.4, -0.2) is 26.2 Å². The van der Waals surface area contributed by atoms with Gasteiger partial charge in [-0.25, -0.2) is 4.68 Å². The van der Waals surface area contributed by atoms with E-state index in [0.29, 0.717) is 6.04 Å². The average Bonchev–Trinajstić information content (AvgIpc) is 2.94. The Morgan fingerprint density at radius 3 is 2.94 bits per heavy atom. The summed E-state index contributed by atoms with van der Waals surface area (Å²) in [5.74, 6) is 0. The lowest BCUT2D eigenvalue weighted by atomic mass is 10.2. The van der Waals surface area contributed by atoms with Crippen molar-refractivity contribution < 1.29 is 0 Å². The highest BCUT2D eigenvalue weighted by molar-refractivity contribution is 5.57. The number of anilines is 1. The van der Waals surface area contributed by atoms with Crippen LogP contribution in [0.2, 0.25) is 0 Å². The fourth-order valence-electron chi connectivity index (χ4n) is 1.64. The second kappa shape index (κ2) is 3.59. The minimum Gasteiger partial charge on any atom is -0.382 e. The van der Waals surface area contributed by atoms with Crippen LogP contribution in [0.15, 0.2) is 24.5 Å². The molecule has 0 amide bonds. The minimum atomic E-state index is 0.655. The van der Waals surface area contributed by atoms with Gasteiger partial charge in [0, 0.05) is 11.7 Å². The van der Waals surface area contributed by atoms with Crippen molar-refractivity contribution in [3.05, 3.63) is 30.1 Å². The second-order valence-corrected chi connectivity index (χ2v) is 4.17. The van der Waals surface area contributed by atoms with Crippen molar-refractivity contribution in [2.45, 2.75) is 25.8 Å². The van der Waals surface area contributed by atoms with Gasteiger partial charge in [0.1, 0.15) is 6.33 Å². The Labute approximate surface area is 93.5 Å². The molecule has 1 aromatic carbocycles. The fraction of sp³-hybridized carbons (Fsp3) is 0.364. The molecule has 0 bridgehead atoms. The maximum absolute atomic E-state index is 3.88. The van der Waals surface area contributed by atoms with E-state index in [1.54, 1.807) is 11.0 Å². The summed E-state index contributed by atoms with van der Waals surface area (Å²) in [5.41, 5.74) is 3.41. The van der Waals surface area contributed by atoms with Crippen LogP contribution < -0.4 is 5.32 Å². The molecule has 5 nitrogen and oxygen atoms in total. The molecule has 1 N–H and O–H groups in total. The number of rotatable bonds is 3. The van der Waals surface area contributed by atoms with Gasteiger partial charge in [-0.2, -0.15) is 0 Å². The van der Waals surface area contributed by atoms with Crippen LogP contribution in [0.25, 0.3) is 5.69 Å². The number of aromatic nitrogens is 4. The summed E-state index contributed by atoms with van der Waals surface area (Å²) in [7, 11) is 0. The van der Waals surface area contributed by atoms with Crippen LogP contribution >= 0.6 is 0 Å². The Morgan fingerprint density at radius 2 is 2.25 bits per heavy atom. The molecule has 82 valence electrons. The van der Waals surface area contributed by atoms with Gasteiger partial charge in [-0.1, -0.05) is 6.07 Å². The quantitative estimate of drug-likeness (QED) is 0.843. The molecule has 2 aromatic rings. The van der Waals surface area contributed by atoms with Crippen LogP contribution in [0.1, 0.15) is 18.4 Å². The molecular weight excluding hydrogens is 202 g/mol. The van der Waals surface area contributed by atoms with Crippen molar-refractivity contribution in [3.8, 4) is 5.69 Å². The zero-order chi connectivity index (χ0) is 11.0. The number of hydrogen-bond acceptors (Lipinski definition) is 4. The van der Waals surface area contributed by atoms with Gasteiger partial charge < -0.3 is 5.32 Å². The van der Waals surface area contributed by atoms with Gasteiger partial charge in [0.2, 0.25) is 0 Å². The Morgan fingerprint density at radius 1 is 1.38 bits per heavy atom. The highest BCUT2D eigenvalue weighted by Gasteiger charge is 2.21. The largest absolute Gasteiger partial charge is 0.382 e. The van der Waals surface area contributed by atoms with Gasteiger partial charge in [0.25, 0.3) is 0 Å². The number of aryl methyl sites for hydroxylation is 1. The third kappa shape index (κ3) is 1.76. The Hall–Kier alpha value is -1.91. The van der Waals surface area contributed by atoms with E-state index in [4.69, 9.17) is 0 Å². The molecule has 1 saturated carbocycles. The van der Waals surface area contributed by atoms with Gasteiger partial charge >= 0.3 is 0 Å². The minimum absolute atomic E-state index is 0.655. The smallest absolute Gasteiger partial charge is 0.143 e. The molecule has 1 aliphatic carbocycles. The van der Waals surface area contributed by atoms with Crippen molar-refractivity contribution in [1.29, 1.82) is 0 Å². The summed E-state index contributed by atoms with van der Waals surface area (Å²) in [4.78, 5) is 0. The van der Waals surface area contributed by atoms with Crippen LogP contribution in [0.4, 0.5) is 5.69 Å². The normalized spacial score (nSPS) is 15.1. The Kier molecular flexibility index (Phi) is 2.09. The van der Waals surface area contributed by atoms with Crippen molar-refractivity contribution in [2.24, 2.45) is 0 Å². The lowest BCUT2D eigenvalue weighted by Gasteiger charge is -2.10. The first-order valence-corrected chi connectivity index (χ1v) is 5.43. The van der Waals surface area contributed by atoms with E-state index in [1.807, 2.05) is 6.07 Å². The van der Waals surface area contributed by atoms with Gasteiger partial charge in [-0.15, -0.1) is 5.10 Å². The van der Waals surface area contributed by atoms with E-state index in [9.17, 15) is 0 Å².